The normalized spacial score (nSPS) is 38.0. The number of nitrogens with two attached hydrogens (primary N) is 1. The lowest BCUT2D eigenvalue weighted by molar-refractivity contribution is -0.138. The molecule has 2 heterocycles. The van der Waals surface area contributed by atoms with Crippen molar-refractivity contribution in [2.75, 3.05) is 18.1 Å². The molecule has 30 heavy (non-hydrogen) atoms. The van der Waals surface area contributed by atoms with Crippen molar-refractivity contribution >= 4 is 11.9 Å². The highest BCUT2D eigenvalue weighted by Gasteiger charge is 2.57. The zero-order chi connectivity index (χ0) is 20.5. The monoisotopic (exact) mass is 412 g/mol. The van der Waals surface area contributed by atoms with Crippen molar-refractivity contribution in [2.45, 2.75) is 81.4 Å². The molecule has 5 aliphatic carbocycles. The molecule has 5 saturated carbocycles. The highest BCUT2D eigenvalue weighted by Crippen LogP contribution is 2.57. The van der Waals surface area contributed by atoms with Crippen LogP contribution in [0, 0.1) is 17.8 Å². The molecule has 4 bridgehead atoms. The number of hydrogen-bond donors (Lipinski definition) is 2. The number of primary amides is 1. The largest absolute Gasteiger partial charge is 0.390 e. The van der Waals surface area contributed by atoms with Crippen LogP contribution in [0.25, 0.3) is 0 Å². The van der Waals surface area contributed by atoms with Crippen molar-refractivity contribution in [2.24, 2.45) is 23.5 Å². The van der Waals surface area contributed by atoms with Crippen LogP contribution in [0.2, 0.25) is 0 Å². The Morgan fingerprint density at radius 2 is 1.87 bits per heavy atom. The predicted molar refractivity (Wildman–Crippen MR) is 111 cm³/mol. The Balaban J connectivity index is 1.39. The minimum Gasteiger partial charge on any atom is -0.390 e. The van der Waals surface area contributed by atoms with Crippen molar-refractivity contribution in [1.29, 1.82) is 0 Å². The van der Waals surface area contributed by atoms with Crippen LogP contribution >= 0.6 is 0 Å². The number of carbonyl (C=O) groups excluding carboxylic acids is 1. The van der Waals surface area contributed by atoms with E-state index in [4.69, 9.17) is 15.5 Å². The minimum atomic E-state index is -0.458. The molecule has 1 aliphatic heterocycles. The van der Waals surface area contributed by atoms with Gasteiger partial charge in [0.15, 0.2) is 0 Å². The molecule has 7 heteroatoms. The Labute approximate surface area is 177 Å². The van der Waals surface area contributed by atoms with Crippen LogP contribution in [0.3, 0.4) is 0 Å². The van der Waals surface area contributed by atoms with E-state index in [0.29, 0.717) is 48.5 Å². The molecule has 3 N–H and O–H groups in total. The van der Waals surface area contributed by atoms with Crippen molar-refractivity contribution < 1.29 is 14.6 Å². The Morgan fingerprint density at radius 1 is 1.17 bits per heavy atom. The molecule has 6 fully saturated rings. The van der Waals surface area contributed by atoms with Gasteiger partial charge in [-0.15, -0.1) is 0 Å². The molecule has 6 aliphatic rings. The topological polar surface area (TPSA) is 102 Å². The Kier molecular flexibility index (Phi) is 4.36. The fourth-order valence-corrected chi connectivity index (χ4v) is 7.54. The Morgan fingerprint density at radius 3 is 2.43 bits per heavy atom. The van der Waals surface area contributed by atoms with Gasteiger partial charge in [0.05, 0.1) is 36.1 Å². The highest BCUT2D eigenvalue weighted by atomic mass is 16.5. The summed E-state index contributed by atoms with van der Waals surface area (Å²) in [5.74, 6) is 2.23. The van der Waals surface area contributed by atoms with E-state index in [-0.39, 0.29) is 6.04 Å². The summed E-state index contributed by atoms with van der Waals surface area (Å²) in [6.07, 6.45) is 11.3. The van der Waals surface area contributed by atoms with Crippen LogP contribution in [0.15, 0.2) is 6.20 Å². The summed E-state index contributed by atoms with van der Waals surface area (Å²) in [5.41, 5.74) is 6.55. The maximum absolute atomic E-state index is 12.1. The lowest BCUT2D eigenvalue weighted by atomic mass is 9.52. The first kappa shape index (κ1) is 19.0. The maximum atomic E-state index is 12.1. The third kappa shape index (κ3) is 2.96. The highest BCUT2D eigenvalue weighted by molar-refractivity contribution is 5.93. The lowest BCUT2D eigenvalue weighted by Crippen LogP contribution is -2.66. The van der Waals surface area contributed by atoms with Gasteiger partial charge in [-0.2, -0.15) is 0 Å². The molecule has 2 unspecified atom stereocenters. The molecule has 0 radical (unpaired) electrons. The first-order valence-corrected chi connectivity index (χ1v) is 11.8. The summed E-state index contributed by atoms with van der Waals surface area (Å²) in [6, 6.07) is 0.629. The van der Waals surface area contributed by atoms with Crippen LogP contribution in [0.4, 0.5) is 5.95 Å². The van der Waals surface area contributed by atoms with Crippen molar-refractivity contribution in [3.8, 4) is 0 Å². The second-order valence-corrected chi connectivity index (χ2v) is 10.6. The number of hydrogen-bond acceptors (Lipinski definition) is 6. The van der Waals surface area contributed by atoms with Gasteiger partial charge in [-0.3, -0.25) is 4.79 Å². The molecular formula is C23H32N4O3. The van der Waals surface area contributed by atoms with E-state index >= 15 is 0 Å². The summed E-state index contributed by atoms with van der Waals surface area (Å²) < 4.78 is 5.57. The molecule has 7 nitrogen and oxygen atoms in total. The third-order valence-corrected chi connectivity index (χ3v) is 8.57. The number of aliphatic hydroxyl groups is 1. The Hall–Kier alpha value is -1.73. The van der Waals surface area contributed by atoms with Crippen molar-refractivity contribution in [3.05, 3.63) is 17.5 Å². The van der Waals surface area contributed by atoms with Crippen LogP contribution in [-0.4, -0.2) is 51.9 Å². The van der Waals surface area contributed by atoms with Gasteiger partial charge in [0.25, 0.3) is 5.91 Å². The van der Waals surface area contributed by atoms with E-state index in [9.17, 15) is 9.90 Å². The van der Waals surface area contributed by atoms with Gasteiger partial charge in [-0.1, -0.05) is 12.8 Å². The second kappa shape index (κ2) is 6.89. The minimum absolute atomic E-state index is 0.276. The average molecular weight is 413 g/mol. The van der Waals surface area contributed by atoms with E-state index in [0.717, 1.165) is 43.7 Å². The average Bonchev–Trinajstić information content (AvgIpc) is 3.18. The van der Waals surface area contributed by atoms with E-state index in [1.165, 1.54) is 25.7 Å². The zero-order valence-electron chi connectivity index (χ0n) is 17.5. The van der Waals surface area contributed by atoms with Gasteiger partial charge in [-0.05, 0) is 62.7 Å². The first-order valence-electron chi connectivity index (χ1n) is 11.8. The number of anilines is 1. The van der Waals surface area contributed by atoms with E-state index in [1.807, 2.05) is 0 Å². The zero-order valence-corrected chi connectivity index (χ0v) is 17.5. The van der Waals surface area contributed by atoms with Crippen LogP contribution < -0.4 is 10.6 Å². The summed E-state index contributed by atoms with van der Waals surface area (Å²) in [5, 5.41) is 11.0. The quantitative estimate of drug-likeness (QED) is 0.770. The molecule has 1 aromatic rings. The third-order valence-electron chi connectivity index (χ3n) is 8.57. The van der Waals surface area contributed by atoms with Crippen LogP contribution in [0.1, 0.15) is 79.8 Å². The van der Waals surface area contributed by atoms with Crippen molar-refractivity contribution in [1.82, 2.24) is 9.97 Å². The number of aromatic nitrogens is 2. The number of nitrogens with zero attached hydrogens (tertiary/aromatic N) is 3. The number of carbonyl (C=O) groups is 1. The SMILES string of the molecule is NC(=O)c1cnc(N(C2COC2)C2C3CC4CC2CC(O)(C4)C3)nc1C1CCCC1. The fraction of sp³-hybridized carbons (Fsp3) is 0.783. The molecule has 1 amide bonds. The molecule has 0 spiro atoms. The van der Waals surface area contributed by atoms with Crippen molar-refractivity contribution in [3.63, 3.8) is 0 Å². The molecule has 1 aromatic heterocycles. The summed E-state index contributed by atoms with van der Waals surface area (Å²) in [6.45, 7) is 1.40. The Bertz CT molecular complexity index is 835. The molecule has 2 atom stereocenters. The first-order chi connectivity index (χ1) is 14.5. The van der Waals surface area contributed by atoms with E-state index < -0.39 is 11.5 Å². The standard InChI is InChI=1S/C23H32N4O3/c24-21(28)18-10-25-22(26-19(18)14-3-1-2-4-14)27(17-11-30-12-17)20-15-5-13-6-16(20)9-23(29,7-13)8-15/h10,13-17,20,29H,1-9,11-12H2,(H2,24,28). The lowest BCUT2D eigenvalue weighted by Gasteiger charge is -2.61. The molecule has 162 valence electrons. The molecule has 0 aromatic carbocycles. The second-order valence-electron chi connectivity index (χ2n) is 10.6. The smallest absolute Gasteiger partial charge is 0.252 e. The number of rotatable bonds is 5. The number of ether oxygens (including phenoxy) is 1. The van der Waals surface area contributed by atoms with Gasteiger partial charge in [0, 0.05) is 18.2 Å². The van der Waals surface area contributed by atoms with Gasteiger partial charge in [0.2, 0.25) is 5.95 Å². The van der Waals surface area contributed by atoms with E-state index in [1.54, 1.807) is 6.20 Å². The predicted octanol–water partition coefficient (Wildman–Crippen LogP) is 2.38. The number of amides is 1. The molecular weight excluding hydrogens is 380 g/mol. The van der Waals surface area contributed by atoms with Gasteiger partial charge < -0.3 is 20.5 Å². The van der Waals surface area contributed by atoms with E-state index in [2.05, 4.69) is 9.88 Å². The van der Waals surface area contributed by atoms with Crippen LogP contribution in [0.5, 0.6) is 0 Å². The fourth-order valence-electron chi connectivity index (χ4n) is 7.54. The summed E-state index contributed by atoms with van der Waals surface area (Å²) in [4.78, 5) is 24.2. The van der Waals surface area contributed by atoms with Crippen LogP contribution in [-0.2, 0) is 4.74 Å². The molecule has 7 rings (SSSR count). The van der Waals surface area contributed by atoms with Gasteiger partial charge >= 0.3 is 0 Å². The van der Waals surface area contributed by atoms with Gasteiger partial charge in [0.1, 0.15) is 0 Å². The summed E-state index contributed by atoms with van der Waals surface area (Å²) >= 11 is 0. The van der Waals surface area contributed by atoms with Gasteiger partial charge in [-0.25, -0.2) is 9.97 Å². The molecule has 1 saturated heterocycles. The summed E-state index contributed by atoms with van der Waals surface area (Å²) in [7, 11) is 0. The maximum Gasteiger partial charge on any atom is 0.252 e.